The molecule has 0 bridgehead atoms. The van der Waals surface area contributed by atoms with Crippen molar-refractivity contribution in [3.05, 3.63) is 60.2 Å². The van der Waals surface area contributed by atoms with Crippen LogP contribution in [0.1, 0.15) is 11.3 Å². The predicted octanol–water partition coefficient (Wildman–Crippen LogP) is 4.30. The number of nitrogens with one attached hydrogen (secondary N) is 1. The van der Waals surface area contributed by atoms with Crippen LogP contribution in [0.2, 0.25) is 0 Å². The lowest BCUT2D eigenvalue weighted by molar-refractivity contribution is 0.267. The van der Waals surface area contributed by atoms with Gasteiger partial charge in [0.25, 0.3) is 0 Å². The van der Waals surface area contributed by atoms with Gasteiger partial charge in [0.2, 0.25) is 0 Å². The molecule has 0 saturated heterocycles. The second-order valence-corrected chi connectivity index (χ2v) is 7.17. The SMILES string of the molecule is C#CCOc1ccccc1C(Nc1ccccc1)P(=O)(OC)OC. The van der Waals surface area contributed by atoms with Gasteiger partial charge in [-0.1, -0.05) is 42.3 Å². The number of anilines is 1. The Morgan fingerprint density at radius 1 is 1.08 bits per heavy atom. The quantitative estimate of drug-likeness (QED) is 0.571. The Hall–Kier alpha value is -2.25. The lowest BCUT2D eigenvalue weighted by Gasteiger charge is -2.27. The van der Waals surface area contributed by atoms with Crippen molar-refractivity contribution in [2.24, 2.45) is 0 Å². The topological polar surface area (TPSA) is 56.8 Å². The second kappa shape index (κ2) is 8.56. The van der Waals surface area contributed by atoms with E-state index < -0.39 is 13.4 Å². The number of rotatable bonds is 8. The molecule has 24 heavy (non-hydrogen) atoms. The van der Waals surface area contributed by atoms with Crippen molar-refractivity contribution >= 4 is 13.3 Å². The fraction of sp³-hybridized carbons (Fsp3) is 0.222. The molecule has 6 heteroatoms. The standard InChI is InChI=1S/C18H20NO4P/c1-4-14-23-17-13-9-8-12-16(17)18(24(20,21-2)22-3)19-15-10-6-5-7-11-15/h1,5-13,18-19H,14H2,2-3H3. The first kappa shape index (κ1) is 18.1. The summed E-state index contributed by atoms with van der Waals surface area (Å²) < 4.78 is 29.1. The molecular formula is C18H20NO4P. The highest BCUT2D eigenvalue weighted by Gasteiger charge is 2.37. The van der Waals surface area contributed by atoms with Crippen molar-refractivity contribution in [3.8, 4) is 18.1 Å². The maximum absolute atomic E-state index is 13.1. The number of para-hydroxylation sites is 2. The molecule has 1 atom stereocenters. The second-order valence-electron chi connectivity index (χ2n) is 4.85. The van der Waals surface area contributed by atoms with Crippen molar-refractivity contribution in [3.63, 3.8) is 0 Å². The number of benzene rings is 2. The Morgan fingerprint density at radius 3 is 2.33 bits per heavy atom. The lowest BCUT2D eigenvalue weighted by atomic mass is 10.2. The summed E-state index contributed by atoms with van der Waals surface area (Å²) in [6.07, 6.45) is 5.27. The molecule has 0 radical (unpaired) electrons. The third-order valence-electron chi connectivity index (χ3n) is 3.43. The van der Waals surface area contributed by atoms with Crippen molar-refractivity contribution in [1.29, 1.82) is 0 Å². The van der Waals surface area contributed by atoms with E-state index in [1.807, 2.05) is 42.5 Å². The molecule has 0 aliphatic rings. The molecule has 0 spiro atoms. The van der Waals surface area contributed by atoms with Crippen LogP contribution in [-0.4, -0.2) is 20.8 Å². The van der Waals surface area contributed by atoms with E-state index in [2.05, 4.69) is 11.2 Å². The zero-order valence-corrected chi connectivity index (χ0v) is 14.5. The Morgan fingerprint density at radius 2 is 1.71 bits per heavy atom. The molecule has 5 nitrogen and oxygen atoms in total. The van der Waals surface area contributed by atoms with Crippen molar-refractivity contribution in [2.75, 3.05) is 26.1 Å². The highest BCUT2D eigenvalue weighted by atomic mass is 31.2. The minimum atomic E-state index is -3.48. The van der Waals surface area contributed by atoms with E-state index >= 15 is 0 Å². The van der Waals surface area contributed by atoms with Gasteiger partial charge in [0.15, 0.2) is 5.78 Å². The first-order valence-electron chi connectivity index (χ1n) is 7.32. The number of hydrogen-bond acceptors (Lipinski definition) is 5. The van der Waals surface area contributed by atoms with Gasteiger partial charge in [0.1, 0.15) is 12.4 Å². The number of ether oxygens (including phenoxy) is 1. The van der Waals surface area contributed by atoms with Gasteiger partial charge in [0.05, 0.1) is 0 Å². The van der Waals surface area contributed by atoms with Gasteiger partial charge in [-0.15, -0.1) is 6.42 Å². The fourth-order valence-corrected chi connectivity index (χ4v) is 3.69. The molecular weight excluding hydrogens is 325 g/mol. The van der Waals surface area contributed by atoms with Crippen LogP contribution in [0.4, 0.5) is 5.69 Å². The van der Waals surface area contributed by atoms with Gasteiger partial charge in [-0.2, -0.15) is 0 Å². The van der Waals surface area contributed by atoms with E-state index in [4.69, 9.17) is 20.2 Å². The third kappa shape index (κ3) is 4.18. The average Bonchev–Trinajstić information content (AvgIpc) is 2.65. The fourth-order valence-electron chi connectivity index (χ4n) is 2.26. The Labute approximate surface area is 142 Å². The maximum Gasteiger partial charge on any atom is 0.356 e. The smallest absolute Gasteiger partial charge is 0.356 e. The van der Waals surface area contributed by atoms with E-state index in [-0.39, 0.29) is 6.61 Å². The van der Waals surface area contributed by atoms with Crippen LogP contribution in [0.25, 0.3) is 0 Å². The molecule has 1 N–H and O–H groups in total. The monoisotopic (exact) mass is 345 g/mol. The van der Waals surface area contributed by atoms with Crippen LogP contribution in [0.5, 0.6) is 5.75 Å². The third-order valence-corrected chi connectivity index (χ3v) is 5.48. The average molecular weight is 345 g/mol. The van der Waals surface area contributed by atoms with Gasteiger partial charge in [-0.25, -0.2) is 0 Å². The summed E-state index contributed by atoms with van der Waals surface area (Å²) in [6.45, 7) is 0.110. The number of hydrogen-bond donors (Lipinski definition) is 1. The lowest BCUT2D eigenvalue weighted by Crippen LogP contribution is -2.15. The molecule has 0 aliphatic carbocycles. The first-order chi connectivity index (χ1) is 11.6. The normalized spacial score (nSPS) is 12.2. The molecule has 2 aromatic carbocycles. The van der Waals surface area contributed by atoms with Crippen LogP contribution >= 0.6 is 7.60 Å². The summed E-state index contributed by atoms with van der Waals surface area (Å²) in [6, 6.07) is 16.6. The van der Waals surface area contributed by atoms with E-state index in [1.165, 1.54) is 14.2 Å². The summed E-state index contributed by atoms with van der Waals surface area (Å²) in [4.78, 5) is 0. The largest absolute Gasteiger partial charge is 0.481 e. The molecule has 0 saturated carbocycles. The molecule has 2 rings (SSSR count). The van der Waals surface area contributed by atoms with Crippen LogP contribution in [0.3, 0.4) is 0 Å². The first-order valence-corrected chi connectivity index (χ1v) is 8.93. The van der Waals surface area contributed by atoms with E-state index in [0.29, 0.717) is 11.3 Å². The highest BCUT2D eigenvalue weighted by molar-refractivity contribution is 7.54. The molecule has 0 heterocycles. The van der Waals surface area contributed by atoms with E-state index in [1.54, 1.807) is 12.1 Å². The van der Waals surface area contributed by atoms with Crippen molar-refractivity contribution in [1.82, 2.24) is 0 Å². The molecule has 2 aromatic rings. The molecule has 0 fully saturated rings. The van der Waals surface area contributed by atoms with Gasteiger partial charge in [0, 0.05) is 25.5 Å². The summed E-state index contributed by atoms with van der Waals surface area (Å²) in [5.41, 5.74) is 1.42. The summed E-state index contributed by atoms with van der Waals surface area (Å²) in [5.74, 6) is 2.20. The van der Waals surface area contributed by atoms with Gasteiger partial charge in [-0.3, -0.25) is 4.57 Å². The summed E-state index contributed by atoms with van der Waals surface area (Å²) in [7, 11) is -0.768. The molecule has 0 aromatic heterocycles. The zero-order chi connectivity index (χ0) is 17.4. The van der Waals surface area contributed by atoms with Crippen LogP contribution in [0.15, 0.2) is 54.6 Å². The Bertz CT molecular complexity index is 734. The van der Waals surface area contributed by atoms with Crippen molar-refractivity contribution < 1.29 is 18.3 Å². The summed E-state index contributed by atoms with van der Waals surface area (Å²) in [5, 5.41) is 3.21. The highest BCUT2D eigenvalue weighted by Crippen LogP contribution is 2.60. The van der Waals surface area contributed by atoms with E-state index in [9.17, 15) is 4.57 Å². The predicted molar refractivity (Wildman–Crippen MR) is 95.2 cm³/mol. The van der Waals surface area contributed by atoms with Crippen LogP contribution < -0.4 is 10.1 Å². The Kier molecular flexibility index (Phi) is 6.45. The van der Waals surface area contributed by atoms with Crippen LogP contribution in [-0.2, 0) is 13.6 Å². The van der Waals surface area contributed by atoms with Gasteiger partial charge < -0.3 is 19.1 Å². The van der Waals surface area contributed by atoms with Crippen LogP contribution in [0, 0.1) is 12.3 Å². The van der Waals surface area contributed by atoms with Gasteiger partial charge >= 0.3 is 7.60 Å². The molecule has 0 amide bonds. The maximum atomic E-state index is 13.1. The minimum Gasteiger partial charge on any atom is -0.481 e. The van der Waals surface area contributed by atoms with Gasteiger partial charge in [-0.05, 0) is 18.2 Å². The minimum absolute atomic E-state index is 0.110. The summed E-state index contributed by atoms with van der Waals surface area (Å²) >= 11 is 0. The van der Waals surface area contributed by atoms with Crippen molar-refractivity contribution in [2.45, 2.75) is 5.78 Å². The Balaban J connectivity index is 2.47. The molecule has 1 unspecified atom stereocenters. The van der Waals surface area contributed by atoms with E-state index in [0.717, 1.165) is 5.69 Å². The molecule has 0 aliphatic heterocycles. The molecule has 126 valence electrons. The zero-order valence-electron chi connectivity index (χ0n) is 13.6. The number of terminal acetylenes is 1.